The van der Waals surface area contributed by atoms with E-state index in [0.717, 1.165) is 0 Å². The van der Waals surface area contributed by atoms with Crippen LogP contribution < -0.4 is 0 Å². The summed E-state index contributed by atoms with van der Waals surface area (Å²) in [5, 5.41) is 0. The van der Waals surface area contributed by atoms with Crippen molar-refractivity contribution in [1.29, 1.82) is 0 Å². The lowest BCUT2D eigenvalue weighted by atomic mass is 9.96. The second kappa shape index (κ2) is 13.4. The minimum atomic E-state index is 1.18. The summed E-state index contributed by atoms with van der Waals surface area (Å²) in [4.78, 5) is 0. The van der Waals surface area contributed by atoms with E-state index in [2.05, 4.69) is 73.7 Å². The topological polar surface area (TPSA) is 0 Å². The first-order chi connectivity index (χ1) is 12.9. The van der Waals surface area contributed by atoms with Crippen LogP contribution >= 0.6 is 0 Å². The fourth-order valence-corrected chi connectivity index (χ4v) is 3.52. The van der Waals surface area contributed by atoms with E-state index < -0.39 is 0 Å². The lowest BCUT2D eigenvalue weighted by molar-refractivity contribution is 0.558. The molecule has 0 heterocycles. The van der Waals surface area contributed by atoms with E-state index >= 15 is 0 Å². The van der Waals surface area contributed by atoms with Crippen molar-refractivity contribution in [2.24, 2.45) is 0 Å². The van der Waals surface area contributed by atoms with Crippen molar-refractivity contribution in [2.75, 3.05) is 0 Å². The highest BCUT2D eigenvalue weighted by Crippen LogP contribution is 2.24. The Balaban J connectivity index is 1.72. The summed E-state index contributed by atoms with van der Waals surface area (Å²) in [6.07, 6.45) is 17.6. The maximum atomic E-state index is 2.44. The molecule has 2 rings (SSSR count). The Bertz CT molecular complexity index is 553. The molecule has 0 heteroatoms. The fourth-order valence-electron chi connectivity index (χ4n) is 3.52. The lowest BCUT2D eigenvalue weighted by Gasteiger charge is -2.09. The van der Waals surface area contributed by atoms with Crippen LogP contribution in [0.15, 0.2) is 66.7 Å². The summed E-state index contributed by atoms with van der Waals surface area (Å²) in [5.41, 5.74) is 4.03. The van der Waals surface area contributed by atoms with Gasteiger partial charge in [-0.05, 0) is 29.5 Å². The van der Waals surface area contributed by atoms with Gasteiger partial charge in [0.15, 0.2) is 0 Å². The number of hydrogen-bond donors (Lipinski definition) is 0. The molecule has 0 bridgehead atoms. The van der Waals surface area contributed by atoms with Crippen LogP contribution in [0.3, 0.4) is 0 Å². The average Bonchev–Trinajstić information content (AvgIpc) is 2.70. The van der Waals surface area contributed by atoms with E-state index in [-0.39, 0.29) is 0 Å². The van der Waals surface area contributed by atoms with Crippen molar-refractivity contribution in [3.05, 3.63) is 77.9 Å². The molecule has 0 saturated heterocycles. The molecule has 2 aromatic carbocycles. The number of hydrogen-bond acceptors (Lipinski definition) is 0. The number of allylic oxidation sites excluding steroid dienone is 1. The molecule has 0 spiro atoms. The Labute approximate surface area is 161 Å². The molecule has 0 atom stereocenters. The summed E-state index contributed by atoms with van der Waals surface area (Å²) in [7, 11) is 0. The third-order valence-electron chi connectivity index (χ3n) is 5.08. The Morgan fingerprint density at radius 1 is 0.577 bits per heavy atom. The zero-order valence-electron chi connectivity index (χ0n) is 16.6. The molecular formula is C26H36. The molecule has 26 heavy (non-hydrogen) atoms. The summed E-state index contributed by atoms with van der Waals surface area (Å²) < 4.78 is 0. The number of benzene rings is 2. The van der Waals surface area contributed by atoms with Gasteiger partial charge in [-0.1, -0.05) is 131 Å². The second-order valence-corrected chi connectivity index (χ2v) is 7.32. The van der Waals surface area contributed by atoms with Crippen LogP contribution in [-0.2, 0) is 0 Å². The molecule has 2 aromatic rings. The molecule has 0 unspecified atom stereocenters. The van der Waals surface area contributed by atoms with Gasteiger partial charge in [0.1, 0.15) is 0 Å². The molecule has 0 amide bonds. The van der Waals surface area contributed by atoms with Crippen LogP contribution in [0, 0.1) is 0 Å². The van der Waals surface area contributed by atoms with Crippen LogP contribution in [0.1, 0.15) is 88.7 Å². The standard InChI is InChI=1S/C26H36/c1-2-3-4-5-6-7-8-9-10-11-18-23-26(24-19-14-12-15-20-24)25-21-16-13-17-22-25/h12-17,19-23H,2-11,18H2,1H3. The SMILES string of the molecule is CCCCCCCCCCCCC=C(c1ccccc1)c1ccccc1. The second-order valence-electron chi connectivity index (χ2n) is 7.32. The quantitative estimate of drug-likeness (QED) is 0.319. The monoisotopic (exact) mass is 348 g/mol. The van der Waals surface area contributed by atoms with Gasteiger partial charge in [0.2, 0.25) is 0 Å². The Morgan fingerprint density at radius 3 is 1.46 bits per heavy atom. The molecule has 0 aromatic heterocycles. The Morgan fingerprint density at radius 2 is 1.00 bits per heavy atom. The van der Waals surface area contributed by atoms with Crippen molar-refractivity contribution in [3.8, 4) is 0 Å². The maximum Gasteiger partial charge on any atom is -0.0151 e. The van der Waals surface area contributed by atoms with E-state index in [9.17, 15) is 0 Å². The van der Waals surface area contributed by atoms with E-state index in [0.29, 0.717) is 0 Å². The van der Waals surface area contributed by atoms with Crippen LogP contribution in [0.4, 0.5) is 0 Å². The van der Waals surface area contributed by atoms with Gasteiger partial charge in [-0.3, -0.25) is 0 Å². The van der Waals surface area contributed by atoms with Gasteiger partial charge in [0.25, 0.3) is 0 Å². The third-order valence-corrected chi connectivity index (χ3v) is 5.08. The van der Waals surface area contributed by atoms with Crippen LogP contribution in [-0.4, -0.2) is 0 Å². The summed E-state index contributed by atoms with van der Waals surface area (Å²) in [5.74, 6) is 0. The fraction of sp³-hybridized carbons (Fsp3) is 0.462. The predicted octanol–water partition coefficient (Wildman–Crippen LogP) is 8.43. The molecule has 0 radical (unpaired) electrons. The molecule has 0 aliphatic carbocycles. The van der Waals surface area contributed by atoms with Gasteiger partial charge in [0.05, 0.1) is 0 Å². The minimum absolute atomic E-state index is 1.18. The Hall–Kier alpha value is -1.82. The minimum Gasteiger partial charge on any atom is -0.0761 e. The molecular weight excluding hydrogens is 312 g/mol. The molecule has 0 saturated carbocycles. The normalized spacial score (nSPS) is 10.7. The first-order valence-electron chi connectivity index (χ1n) is 10.7. The molecule has 0 nitrogen and oxygen atoms in total. The van der Waals surface area contributed by atoms with E-state index in [1.807, 2.05) is 0 Å². The average molecular weight is 349 g/mol. The summed E-state index contributed by atoms with van der Waals surface area (Å²) in [6.45, 7) is 2.29. The maximum absolute atomic E-state index is 2.44. The first kappa shape index (κ1) is 20.5. The van der Waals surface area contributed by atoms with Crippen LogP contribution in [0.2, 0.25) is 0 Å². The van der Waals surface area contributed by atoms with Crippen molar-refractivity contribution in [3.63, 3.8) is 0 Å². The molecule has 140 valence electrons. The van der Waals surface area contributed by atoms with Gasteiger partial charge < -0.3 is 0 Å². The highest BCUT2D eigenvalue weighted by Gasteiger charge is 2.03. The van der Waals surface area contributed by atoms with E-state index in [1.165, 1.54) is 87.3 Å². The first-order valence-corrected chi connectivity index (χ1v) is 10.7. The summed E-state index contributed by atoms with van der Waals surface area (Å²) in [6, 6.07) is 21.6. The van der Waals surface area contributed by atoms with Crippen molar-refractivity contribution in [1.82, 2.24) is 0 Å². The third kappa shape index (κ3) is 8.04. The molecule has 0 fully saturated rings. The number of unbranched alkanes of at least 4 members (excludes halogenated alkanes) is 10. The highest BCUT2D eigenvalue weighted by molar-refractivity contribution is 5.79. The number of rotatable bonds is 13. The van der Waals surface area contributed by atoms with Crippen molar-refractivity contribution in [2.45, 2.75) is 77.6 Å². The van der Waals surface area contributed by atoms with Crippen LogP contribution in [0.5, 0.6) is 0 Å². The lowest BCUT2D eigenvalue weighted by Crippen LogP contribution is -1.88. The molecule has 0 aliphatic heterocycles. The highest BCUT2D eigenvalue weighted by atomic mass is 14.1. The van der Waals surface area contributed by atoms with E-state index in [4.69, 9.17) is 0 Å². The van der Waals surface area contributed by atoms with Gasteiger partial charge >= 0.3 is 0 Å². The van der Waals surface area contributed by atoms with Gasteiger partial charge in [-0.15, -0.1) is 0 Å². The van der Waals surface area contributed by atoms with E-state index in [1.54, 1.807) is 0 Å². The smallest absolute Gasteiger partial charge is 0.0151 e. The largest absolute Gasteiger partial charge is 0.0761 e. The predicted molar refractivity (Wildman–Crippen MR) is 116 cm³/mol. The Kier molecular flexibility index (Phi) is 10.6. The molecule has 0 N–H and O–H groups in total. The molecule has 0 aliphatic rings. The zero-order chi connectivity index (χ0) is 18.3. The van der Waals surface area contributed by atoms with Gasteiger partial charge in [-0.25, -0.2) is 0 Å². The van der Waals surface area contributed by atoms with Crippen LogP contribution in [0.25, 0.3) is 5.57 Å². The zero-order valence-corrected chi connectivity index (χ0v) is 16.6. The summed E-state index contributed by atoms with van der Waals surface area (Å²) >= 11 is 0. The van der Waals surface area contributed by atoms with Crippen molar-refractivity contribution >= 4 is 5.57 Å². The van der Waals surface area contributed by atoms with Gasteiger partial charge in [-0.2, -0.15) is 0 Å². The van der Waals surface area contributed by atoms with Gasteiger partial charge in [0, 0.05) is 0 Å². The van der Waals surface area contributed by atoms with Crippen molar-refractivity contribution < 1.29 is 0 Å².